The Balaban J connectivity index is 2.23. The van der Waals surface area contributed by atoms with E-state index in [1.807, 2.05) is 13.0 Å². The van der Waals surface area contributed by atoms with Gasteiger partial charge in [0, 0.05) is 16.6 Å². The summed E-state index contributed by atoms with van der Waals surface area (Å²) < 4.78 is 14.0. The van der Waals surface area contributed by atoms with Crippen molar-refractivity contribution in [1.29, 1.82) is 5.26 Å². The van der Waals surface area contributed by atoms with Crippen LogP contribution in [0.5, 0.6) is 0 Å². The van der Waals surface area contributed by atoms with Gasteiger partial charge in [0.25, 0.3) is 0 Å². The molecule has 110 valence electrons. The third-order valence-corrected chi connectivity index (χ3v) is 3.61. The second-order valence-corrected chi connectivity index (χ2v) is 5.33. The van der Waals surface area contributed by atoms with Crippen molar-refractivity contribution in [1.82, 2.24) is 5.32 Å². The number of terminal acetylenes is 1. The molecule has 0 saturated heterocycles. The van der Waals surface area contributed by atoms with Gasteiger partial charge in [0.2, 0.25) is 0 Å². The fraction of sp³-hybridized carbons (Fsp3) is 0.167. The highest BCUT2D eigenvalue weighted by Gasteiger charge is 2.17. The lowest BCUT2D eigenvalue weighted by atomic mass is 10.0. The van der Waals surface area contributed by atoms with Gasteiger partial charge >= 0.3 is 0 Å². The summed E-state index contributed by atoms with van der Waals surface area (Å²) in [6, 6.07) is 13.0. The van der Waals surface area contributed by atoms with Crippen LogP contribution in [0.2, 0.25) is 5.02 Å². The fourth-order valence-corrected chi connectivity index (χ4v) is 2.35. The van der Waals surface area contributed by atoms with E-state index in [0.29, 0.717) is 16.1 Å². The summed E-state index contributed by atoms with van der Waals surface area (Å²) >= 11 is 5.76. The van der Waals surface area contributed by atoms with Crippen LogP contribution in [0.3, 0.4) is 0 Å². The van der Waals surface area contributed by atoms with Crippen LogP contribution in [0.15, 0.2) is 42.5 Å². The van der Waals surface area contributed by atoms with Crippen LogP contribution in [-0.4, -0.2) is 0 Å². The number of nitrogens with zero attached hydrogens (tertiary/aromatic N) is 1. The minimum atomic E-state index is -0.585. The van der Waals surface area contributed by atoms with Gasteiger partial charge in [0.1, 0.15) is 5.82 Å². The van der Waals surface area contributed by atoms with Gasteiger partial charge < -0.3 is 0 Å². The highest BCUT2D eigenvalue weighted by atomic mass is 35.5. The molecule has 2 nitrogen and oxygen atoms in total. The van der Waals surface area contributed by atoms with Crippen LogP contribution < -0.4 is 5.32 Å². The molecule has 2 aromatic rings. The molecule has 4 heteroatoms. The van der Waals surface area contributed by atoms with Crippen LogP contribution in [0.25, 0.3) is 0 Å². The van der Waals surface area contributed by atoms with E-state index in [9.17, 15) is 4.39 Å². The summed E-state index contributed by atoms with van der Waals surface area (Å²) in [5.41, 5.74) is 1.85. The monoisotopic (exact) mass is 312 g/mol. The number of nitriles is 1. The van der Waals surface area contributed by atoms with Gasteiger partial charge in [0.15, 0.2) is 0 Å². The van der Waals surface area contributed by atoms with Crippen molar-refractivity contribution in [3.8, 4) is 18.4 Å². The molecule has 22 heavy (non-hydrogen) atoms. The highest BCUT2D eigenvalue weighted by molar-refractivity contribution is 6.30. The van der Waals surface area contributed by atoms with Crippen molar-refractivity contribution in [3.05, 3.63) is 70.0 Å². The fourth-order valence-electron chi connectivity index (χ4n) is 2.19. The average molecular weight is 313 g/mol. The predicted molar refractivity (Wildman–Crippen MR) is 85.7 cm³/mol. The maximum absolute atomic E-state index is 14.0. The van der Waals surface area contributed by atoms with Crippen LogP contribution >= 0.6 is 11.6 Å². The zero-order valence-electron chi connectivity index (χ0n) is 12.0. The molecule has 0 aromatic heterocycles. The van der Waals surface area contributed by atoms with Gasteiger partial charge in [0.05, 0.1) is 17.7 Å². The molecule has 0 saturated carbocycles. The van der Waals surface area contributed by atoms with E-state index in [1.54, 1.807) is 30.3 Å². The Bertz CT molecular complexity index is 758. The molecule has 0 spiro atoms. The van der Waals surface area contributed by atoms with Crippen molar-refractivity contribution < 1.29 is 4.39 Å². The zero-order valence-corrected chi connectivity index (χ0v) is 12.7. The van der Waals surface area contributed by atoms with Crippen LogP contribution in [0.4, 0.5) is 4.39 Å². The Morgan fingerprint density at radius 1 is 1.27 bits per heavy atom. The second kappa shape index (κ2) is 7.09. The Labute approximate surface area is 134 Å². The van der Waals surface area contributed by atoms with Gasteiger partial charge in [-0.2, -0.15) is 5.26 Å². The van der Waals surface area contributed by atoms with Gasteiger partial charge in [-0.15, -0.1) is 6.42 Å². The van der Waals surface area contributed by atoms with E-state index < -0.39 is 11.9 Å². The lowest BCUT2D eigenvalue weighted by molar-refractivity contribution is 0.512. The van der Waals surface area contributed by atoms with Crippen molar-refractivity contribution in [2.24, 2.45) is 0 Å². The Morgan fingerprint density at radius 3 is 2.68 bits per heavy atom. The normalized spacial score (nSPS) is 13.0. The van der Waals surface area contributed by atoms with Crippen LogP contribution in [0.1, 0.15) is 35.7 Å². The van der Waals surface area contributed by atoms with Crippen LogP contribution in [0, 0.1) is 29.5 Å². The van der Waals surface area contributed by atoms with Gasteiger partial charge in [-0.25, -0.2) is 4.39 Å². The largest absolute Gasteiger partial charge is 0.293 e. The van der Waals surface area contributed by atoms with Crippen molar-refractivity contribution in [2.45, 2.75) is 19.0 Å². The van der Waals surface area contributed by atoms with Gasteiger partial charge in [-0.1, -0.05) is 35.7 Å². The Hall–Kier alpha value is -2.33. The topological polar surface area (TPSA) is 35.8 Å². The Morgan fingerprint density at radius 2 is 2.05 bits per heavy atom. The maximum atomic E-state index is 14.0. The number of halogens is 2. The molecule has 0 heterocycles. The van der Waals surface area contributed by atoms with E-state index in [2.05, 4.69) is 17.3 Å². The van der Waals surface area contributed by atoms with Gasteiger partial charge in [-0.3, -0.25) is 5.32 Å². The molecule has 0 aliphatic carbocycles. The first-order valence-corrected chi connectivity index (χ1v) is 7.10. The van der Waals surface area contributed by atoms with E-state index in [0.717, 1.165) is 5.56 Å². The maximum Gasteiger partial charge on any atom is 0.130 e. The first kappa shape index (κ1) is 16.0. The predicted octanol–water partition coefficient (Wildman–Crippen LogP) is 4.38. The van der Waals surface area contributed by atoms with Crippen molar-refractivity contribution in [3.63, 3.8) is 0 Å². The molecule has 1 N–H and O–H groups in total. The molecule has 2 unspecified atom stereocenters. The van der Waals surface area contributed by atoms with E-state index in [-0.39, 0.29) is 6.04 Å². The summed E-state index contributed by atoms with van der Waals surface area (Å²) in [7, 11) is 0. The quantitative estimate of drug-likeness (QED) is 0.851. The molecule has 2 rings (SSSR count). The van der Waals surface area contributed by atoms with Gasteiger partial charge in [-0.05, 0) is 36.8 Å². The highest BCUT2D eigenvalue weighted by Crippen LogP contribution is 2.24. The number of hydrogen-bond donors (Lipinski definition) is 1. The van der Waals surface area contributed by atoms with E-state index >= 15 is 0 Å². The molecule has 0 aliphatic heterocycles. The standard InChI is InChI=1S/C18H14ClFN2/c1-3-18(16-8-7-15(19)10-17(16)20)22-12(2)14-6-4-5-13(9-14)11-21/h1,4-10,12,18,22H,2H3. The zero-order chi connectivity index (χ0) is 16.1. The van der Waals surface area contributed by atoms with Crippen LogP contribution in [-0.2, 0) is 0 Å². The third-order valence-electron chi connectivity index (χ3n) is 3.37. The van der Waals surface area contributed by atoms with E-state index in [4.69, 9.17) is 23.3 Å². The summed E-state index contributed by atoms with van der Waals surface area (Å²) in [4.78, 5) is 0. The SMILES string of the molecule is C#CC(NC(C)c1cccc(C#N)c1)c1ccc(Cl)cc1F. The number of hydrogen-bond acceptors (Lipinski definition) is 2. The van der Waals surface area contributed by atoms with E-state index in [1.165, 1.54) is 6.07 Å². The second-order valence-electron chi connectivity index (χ2n) is 4.89. The smallest absolute Gasteiger partial charge is 0.130 e. The first-order chi connectivity index (χ1) is 10.5. The summed E-state index contributed by atoms with van der Waals surface area (Å²) in [6.45, 7) is 1.91. The molecule has 2 aromatic carbocycles. The minimum absolute atomic E-state index is 0.135. The number of nitrogens with one attached hydrogen (secondary N) is 1. The molecule has 2 atom stereocenters. The lowest BCUT2D eigenvalue weighted by Crippen LogP contribution is -2.24. The van der Waals surface area contributed by atoms with Crippen molar-refractivity contribution in [2.75, 3.05) is 0 Å². The first-order valence-electron chi connectivity index (χ1n) is 6.72. The Kier molecular flexibility index (Phi) is 5.17. The summed E-state index contributed by atoms with van der Waals surface area (Å²) in [5.74, 6) is 2.11. The van der Waals surface area contributed by atoms with Crippen molar-refractivity contribution >= 4 is 11.6 Å². The lowest BCUT2D eigenvalue weighted by Gasteiger charge is -2.20. The average Bonchev–Trinajstić information content (AvgIpc) is 2.53. The summed E-state index contributed by atoms with van der Waals surface area (Å²) in [5, 5.41) is 12.5. The molecule has 0 bridgehead atoms. The molecule has 0 amide bonds. The molecular weight excluding hydrogens is 299 g/mol. The third kappa shape index (κ3) is 3.65. The molecular formula is C18H14ClFN2. The number of benzene rings is 2. The molecule has 0 aliphatic rings. The molecule has 0 fully saturated rings. The molecule has 0 radical (unpaired) electrons. The number of rotatable bonds is 4. The minimum Gasteiger partial charge on any atom is -0.293 e. The summed E-state index contributed by atoms with van der Waals surface area (Å²) in [6.07, 6.45) is 5.53.